The van der Waals surface area contributed by atoms with E-state index >= 15 is 0 Å². The molecule has 0 heterocycles. The van der Waals surface area contributed by atoms with Crippen LogP contribution in [0.5, 0.6) is 0 Å². The molecular formula is C13H22Br2O4. The molecular weight excluding hydrogens is 380 g/mol. The summed E-state index contributed by atoms with van der Waals surface area (Å²) in [7, 11) is 0. The van der Waals surface area contributed by atoms with Gasteiger partial charge in [0.15, 0.2) is 0 Å². The first kappa shape index (κ1) is 18.9. The zero-order valence-electron chi connectivity index (χ0n) is 12.3. The van der Waals surface area contributed by atoms with Crippen LogP contribution in [0.1, 0.15) is 48.0 Å². The van der Waals surface area contributed by atoms with Crippen molar-refractivity contribution in [2.45, 2.75) is 68.8 Å². The van der Waals surface area contributed by atoms with Gasteiger partial charge in [-0.1, -0.05) is 31.9 Å². The molecule has 2 atom stereocenters. The van der Waals surface area contributed by atoms with Gasteiger partial charge in [0.25, 0.3) is 0 Å². The Kier molecular flexibility index (Phi) is 7.03. The van der Waals surface area contributed by atoms with Crippen molar-refractivity contribution in [2.75, 3.05) is 0 Å². The van der Waals surface area contributed by atoms with Gasteiger partial charge < -0.3 is 9.47 Å². The number of hydrogen-bond donors (Lipinski definition) is 0. The van der Waals surface area contributed by atoms with Gasteiger partial charge in [-0.15, -0.1) is 0 Å². The Labute approximate surface area is 131 Å². The SMILES string of the molecule is CC(C)(C)OC(=O)[C@H](Br)C[C@H](Br)C(=O)OC(C)(C)C. The molecule has 6 heteroatoms. The summed E-state index contributed by atoms with van der Waals surface area (Å²) in [6, 6.07) is 0. The van der Waals surface area contributed by atoms with Gasteiger partial charge in [0.1, 0.15) is 20.9 Å². The molecule has 0 radical (unpaired) electrons. The molecule has 0 fully saturated rings. The topological polar surface area (TPSA) is 52.6 Å². The van der Waals surface area contributed by atoms with Crippen LogP contribution in [0.15, 0.2) is 0 Å². The van der Waals surface area contributed by atoms with E-state index in [-0.39, 0.29) is 18.4 Å². The molecule has 0 spiro atoms. The summed E-state index contributed by atoms with van der Waals surface area (Å²) in [4.78, 5) is 22.4. The number of halogens is 2. The maximum atomic E-state index is 11.8. The quantitative estimate of drug-likeness (QED) is 0.533. The summed E-state index contributed by atoms with van der Waals surface area (Å²) >= 11 is 6.46. The van der Waals surface area contributed by atoms with Gasteiger partial charge in [0.2, 0.25) is 0 Å². The molecule has 0 unspecified atom stereocenters. The van der Waals surface area contributed by atoms with E-state index in [0.717, 1.165) is 0 Å². The van der Waals surface area contributed by atoms with Crippen LogP contribution in [0.4, 0.5) is 0 Å². The first-order valence-electron chi connectivity index (χ1n) is 6.06. The van der Waals surface area contributed by atoms with Crippen LogP contribution in [-0.2, 0) is 19.1 Å². The molecule has 0 aliphatic heterocycles. The van der Waals surface area contributed by atoms with Gasteiger partial charge in [-0.2, -0.15) is 0 Å². The van der Waals surface area contributed by atoms with Gasteiger partial charge in [0, 0.05) is 0 Å². The van der Waals surface area contributed by atoms with Crippen LogP contribution in [0.2, 0.25) is 0 Å². The summed E-state index contributed by atoms with van der Waals surface area (Å²) in [6.45, 7) is 10.8. The van der Waals surface area contributed by atoms with E-state index in [4.69, 9.17) is 9.47 Å². The Hall–Kier alpha value is -0.100. The van der Waals surface area contributed by atoms with Crippen molar-refractivity contribution in [3.05, 3.63) is 0 Å². The first-order valence-corrected chi connectivity index (χ1v) is 7.89. The number of carbonyl (C=O) groups excluding carboxylic acids is 2. The van der Waals surface area contributed by atoms with Crippen LogP contribution in [0.3, 0.4) is 0 Å². The maximum Gasteiger partial charge on any atom is 0.320 e. The fourth-order valence-corrected chi connectivity index (χ4v) is 2.54. The lowest BCUT2D eigenvalue weighted by Gasteiger charge is -2.24. The smallest absolute Gasteiger partial charge is 0.320 e. The average Bonchev–Trinajstić information content (AvgIpc) is 2.11. The van der Waals surface area contributed by atoms with E-state index in [2.05, 4.69) is 31.9 Å². The van der Waals surface area contributed by atoms with E-state index in [0.29, 0.717) is 0 Å². The standard InChI is InChI=1S/C13H22Br2O4/c1-12(2,3)18-10(16)8(14)7-9(15)11(17)19-13(4,5)6/h8-9H,7H2,1-6H3/t8-,9+. The summed E-state index contributed by atoms with van der Waals surface area (Å²) in [6.07, 6.45) is 0.268. The largest absolute Gasteiger partial charge is 0.459 e. The lowest BCUT2D eigenvalue weighted by molar-refractivity contribution is -0.155. The molecule has 0 bridgehead atoms. The molecule has 0 aromatic carbocycles. The van der Waals surface area contributed by atoms with E-state index < -0.39 is 20.9 Å². The van der Waals surface area contributed by atoms with Crippen LogP contribution >= 0.6 is 31.9 Å². The minimum Gasteiger partial charge on any atom is -0.459 e. The average molecular weight is 402 g/mol. The van der Waals surface area contributed by atoms with Crippen molar-refractivity contribution in [2.24, 2.45) is 0 Å². The number of carbonyl (C=O) groups is 2. The van der Waals surface area contributed by atoms with Crippen molar-refractivity contribution < 1.29 is 19.1 Å². The van der Waals surface area contributed by atoms with Gasteiger partial charge in [-0.3, -0.25) is 9.59 Å². The molecule has 0 aromatic heterocycles. The summed E-state index contributed by atoms with van der Waals surface area (Å²) in [5.74, 6) is -0.777. The molecule has 0 aromatic rings. The van der Waals surface area contributed by atoms with Crippen LogP contribution in [0.25, 0.3) is 0 Å². The lowest BCUT2D eigenvalue weighted by atomic mass is 10.1. The normalized spacial score (nSPS) is 15.6. The van der Waals surface area contributed by atoms with Crippen molar-refractivity contribution in [1.82, 2.24) is 0 Å². The van der Waals surface area contributed by atoms with E-state index in [1.165, 1.54) is 0 Å². The molecule has 4 nitrogen and oxygen atoms in total. The van der Waals surface area contributed by atoms with E-state index in [1.807, 2.05) is 0 Å². The molecule has 0 aliphatic carbocycles. The highest BCUT2D eigenvalue weighted by Crippen LogP contribution is 2.21. The number of ether oxygens (including phenoxy) is 2. The minimum absolute atomic E-state index is 0.268. The summed E-state index contributed by atoms with van der Waals surface area (Å²) in [5.41, 5.74) is -1.09. The van der Waals surface area contributed by atoms with Crippen LogP contribution in [0, 0.1) is 0 Å². The Balaban J connectivity index is 4.36. The minimum atomic E-state index is -0.552. The number of esters is 2. The second-order valence-corrected chi connectivity index (χ2v) is 8.45. The predicted molar refractivity (Wildman–Crippen MR) is 81.7 cm³/mol. The number of rotatable bonds is 4. The number of hydrogen-bond acceptors (Lipinski definition) is 4. The first-order chi connectivity index (χ1) is 8.32. The van der Waals surface area contributed by atoms with Crippen molar-refractivity contribution >= 4 is 43.8 Å². The van der Waals surface area contributed by atoms with E-state index in [1.54, 1.807) is 41.5 Å². The number of alkyl halides is 2. The molecule has 112 valence electrons. The fraction of sp³-hybridized carbons (Fsp3) is 0.846. The second kappa shape index (κ2) is 7.07. The Morgan fingerprint density at radius 3 is 1.32 bits per heavy atom. The molecule has 0 amide bonds. The van der Waals surface area contributed by atoms with Crippen LogP contribution in [-0.4, -0.2) is 32.8 Å². The molecule has 0 saturated heterocycles. The molecule has 0 aliphatic rings. The molecule has 0 N–H and O–H groups in total. The van der Waals surface area contributed by atoms with Crippen LogP contribution < -0.4 is 0 Å². The lowest BCUT2D eigenvalue weighted by Crippen LogP contribution is -2.34. The third-order valence-corrected chi connectivity index (χ3v) is 3.23. The highest BCUT2D eigenvalue weighted by atomic mass is 79.9. The van der Waals surface area contributed by atoms with E-state index in [9.17, 15) is 9.59 Å². The van der Waals surface area contributed by atoms with Gasteiger partial charge >= 0.3 is 11.9 Å². The monoisotopic (exact) mass is 400 g/mol. The summed E-state index contributed by atoms with van der Waals surface area (Å²) < 4.78 is 10.4. The Bertz CT molecular complexity index is 297. The third-order valence-electron chi connectivity index (χ3n) is 1.74. The Morgan fingerprint density at radius 1 is 0.842 bits per heavy atom. The fourth-order valence-electron chi connectivity index (χ4n) is 1.11. The zero-order valence-corrected chi connectivity index (χ0v) is 15.4. The highest BCUT2D eigenvalue weighted by Gasteiger charge is 2.30. The zero-order chi connectivity index (χ0) is 15.4. The molecule has 0 rings (SSSR count). The van der Waals surface area contributed by atoms with Gasteiger partial charge in [0.05, 0.1) is 0 Å². The third kappa shape index (κ3) is 9.44. The van der Waals surface area contributed by atoms with Crippen molar-refractivity contribution in [3.8, 4) is 0 Å². The highest BCUT2D eigenvalue weighted by molar-refractivity contribution is 9.10. The maximum absolute atomic E-state index is 11.8. The molecule has 0 saturated carbocycles. The van der Waals surface area contributed by atoms with Crippen molar-refractivity contribution in [3.63, 3.8) is 0 Å². The van der Waals surface area contributed by atoms with Gasteiger partial charge in [-0.25, -0.2) is 0 Å². The predicted octanol–water partition coefficient (Wildman–Crippen LogP) is 3.59. The second-order valence-electron chi connectivity index (χ2n) is 6.24. The Morgan fingerprint density at radius 2 is 1.11 bits per heavy atom. The van der Waals surface area contributed by atoms with Gasteiger partial charge in [-0.05, 0) is 48.0 Å². The summed E-state index contributed by atoms with van der Waals surface area (Å²) in [5, 5.41) is 0. The van der Waals surface area contributed by atoms with Crippen molar-refractivity contribution in [1.29, 1.82) is 0 Å². The molecule has 19 heavy (non-hydrogen) atoms.